The molecule has 3 heterocycles. The summed E-state index contributed by atoms with van der Waals surface area (Å²) in [6.45, 7) is 10.7. The molecule has 0 N–H and O–H groups in total. The van der Waals surface area contributed by atoms with Crippen LogP contribution in [0, 0.1) is 13.8 Å². The van der Waals surface area contributed by atoms with Gasteiger partial charge in [0.2, 0.25) is 0 Å². The van der Waals surface area contributed by atoms with Gasteiger partial charge in [0.1, 0.15) is 11.5 Å². The zero-order valence-corrected chi connectivity index (χ0v) is 31.2. The van der Waals surface area contributed by atoms with Crippen molar-refractivity contribution in [1.82, 2.24) is 9.13 Å². The number of carbonyl (C=O) groups is 1. The normalized spacial score (nSPS) is 13.7. The number of cyclic esters (lactones) is 1. The molecule has 2 aromatic heterocycles. The molecule has 0 fully saturated rings. The van der Waals surface area contributed by atoms with Crippen molar-refractivity contribution in [3.8, 4) is 11.5 Å². The van der Waals surface area contributed by atoms with Crippen molar-refractivity contribution < 1.29 is 19.0 Å². The average molecular weight is 677 g/mol. The maximum absolute atomic E-state index is 14.1. The summed E-state index contributed by atoms with van der Waals surface area (Å²) in [7, 11) is 3.50. The van der Waals surface area contributed by atoms with E-state index in [1.165, 1.54) is 64.2 Å². The van der Waals surface area contributed by atoms with E-state index in [-0.39, 0.29) is 5.97 Å². The third kappa shape index (κ3) is 6.20. The fourth-order valence-corrected chi connectivity index (χ4v) is 8.59. The van der Waals surface area contributed by atoms with Gasteiger partial charge < -0.3 is 23.3 Å². The van der Waals surface area contributed by atoms with Crippen molar-refractivity contribution >= 4 is 27.8 Å². The van der Waals surface area contributed by atoms with Gasteiger partial charge in [0.25, 0.3) is 0 Å². The van der Waals surface area contributed by atoms with Crippen LogP contribution in [0.4, 0.5) is 0 Å². The standard InChI is InChI=1S/C44H56N2O4/c1-7-9-11-13-15-19-29-45-31(3)39(34-24-21-27-37(48-5)41(34)45)44(36-26-18-17-23-33(36)43(47)50-44)40-32(4)46(30-20-16-14-12-10-8-2)42-35(40)25-22-28-38(42)49-6/h17-18,21-28H,7-16,19-20,29-30H2,1-6H3. The molecule has 6 nitrogen and oxygen atoms in total. The largest absolute Gasteiger partial charge is 0.495 e. The number of hydrogen-bond donors (Lipinski definition) is 0. The number of nitrogens with zero attached hydrogens (tertiary/aromatic N) is 2. The number of fused-ring (bicyclic) bond motifs is 3. The molecule has 5 aromatic rings. The molecule has 6 rings (SSSR count). The smallest absolute Gasteiger partial charge is 0.340 e. The molecule has 1 aliphatic rings. The van der Waals surface area contributed by atoms with Crippen molar-refractivity contribution in [1.29, 1.82) is 0 Å². The zero-order valence-electron chi connectivity index (χ0n) is 31.2. The van der Waals surface area contributed by atoms with E-state index in [0.29, 0.717) is 5.56 Å². The number of rotatable bonds is 18. The minimum absolute atomic E-state index is 0.293. The molecular formula is C44H56N2O4. The Balaban J connectivity index is 1.60. The molecule has 0 radical (unpaired) electrons. The molecule has 1 aliphatic heterocycles. The molecule has 0 amide bonds. The highest BCUT2D eigenvalue weighted by atomic mass is 16.6. The van der Waals surface area contributed by atoms with Crippen LogP contribution >= 0.6 is 0 Å². The summed E-state index contributed by atoms with van der Waals surface area (Å²) in [5.41, 5.74) is 6.67. The predicted molar refractivity (Wildman–Crippen MR) is 205 cm³/mol. The molecule has 6 heteroatoms. The maximum Gasteiger partial charge on any atom is 0.340 e. The summed E-state index contributed by atoms with van der Waals surface area (Å²) in [6.07, 6.45) is 14.6. The number of esters is 1. The minimum Gasteiger partial charge on any atom is -0.495 e. The quantitative estimate of drug-likeness (QED) is 0.0685. The van der Waals surface area contributed by atoms with E-state index < -0.39 is 5.60 Å². The van der Waals surface area contributed by atoms with Crippen LogP contribution in [0.25, 0.3) is 21.8 Å². The second kappa shape index (κ2) is 15.8. The summed E-state index contributed by atoms with van der Waals surface area (Å²) in [5.74, 6) is 1.37. The van der Waals surface area contributed by atoms with Crippen LogP contribution in [-0.4, -0.2) is 29.3 Å². The third-order valence-electron chi connectivity index (χ3n) is 11.0. The van der Waals surface area contributed by atoms with E-state index in [4.69, 9.17) is 14.2 Å². The van der Waals surface area contributed by atoms with Gasteiger partial charge in [0.05, 0.1) is 30.8 Å². The van der Waals surface area contributed by atoms with Gasteiger partial charge in [-0.05, 0) is 44.9 Å². The van der Waals surface area contributed by atoms with Gasteiger partial charge >= 0.3 is 5.97 Å². The number of aromatic nitrogens is 2. The first kappa shape index (κ1) is 35.6. The first-order valence-electron chi connectivity index (χ1n) is 19.1. The number of unbranched alkanes of at least 4 members (excludes halogenated alkanes) is 10. The van der Waals surface area contributed by atoms with E-state index in [1.807, 2.05) is 30.3 Å². The Morgan fingerprint density at radius 2 is 1.06 bits per heavy atom. The van der Waals surface area contributed by atoms with Gasteiger partial charge in [-0.15, -0.1) is 0 Å². The van der Waals surface area contributed by atoms with Gasteiger partial charge in [-0.25, -0.2) is 4.79 Å². The molecule has 0 bridgehead atoms. The van der Waals surface area contributed by atoms with Crippen molar-refractivity contribution in [2.45, 2.75) is 123 Å². The molecule has 0 aliphatic carbocycles. The Bertz CT molecular complexity index is 1840. The van der Waals surface area contributed by atoms with Crippen molar-refractivity contribution in [3.05, 3.63) is 94.3 Å². The van der Waals surface area contributed by atoms with Crippen molar-refractivity contribution in [3.63, 3.8) is 0 Å². The molecule has 0 atom stereocenters. The molecule has 50 heavy (non-hydrogen) atoms. The Morgan fingerprint density at radius 1 is 0.600 bits per heavy atom. The highest BCUT2D eigenvalue weighted by Gasteiger charge is 2.53. The molecule has 0 unspecified atom stereocenters. The van der Waals surface area contributed by atoms with Crippen LogP contribution in [0.5, 0.6) is 11.5 Å². The fraction of sp³-hybridized carbons (Fsp3) is 0.477. The minimum atomic E-state index is -1.17. The highest BCUT2D eigenvalue weighted by Crippen LogP contribution is 2.55. The molecule has 0 saturated carbocycles. The summed E-state index contributed by atoms with van der Waals surface area (Å²) < 4.78 is 23.9. The number of methoxy groups -OCH3 is 2. The van der Waals surface area contributed by atoms with Crippen LogP contribution in [0.2, 0.25) is 0 Å². The van der Waals surface area contributed by atoms with Crippen molar-refractivity contribution in [2.24, 2.45) is 0 Å². The van der Waals surface area contributed by atoms with Crippen molar-refractivity contribution in [2.75, 3.05) is 14.2 Å². The Labute approximate surface area is 298 Å². The Kier molecular flexibility index (Phi) is 11.2. The molecule has 266 valence electrons. The van der Waals surface area contributed by atoms with Crippen LogP contribution in [0.1, 0.15) is 129 Å². The Morgan fingerprint density at radius 3 is 1.54 bits per heavy atom. The fourth-order valence-electron chi connectivity index (χ4n) is 8.59. The van der Waals surface area contributed by atoms with Gasteiger partial charge in [-0.2, -0.15) is 0 Å². The topological polar surface area (TPSA) is 54.6 Å². The first-order chi connectivity index (χ1) is 24.4. The van der Waals surface area contributed by atoms with Gasteiger partial charge in [0, 0.05) is 51.9 Å². The van der Waals surface area contributed by atoms with E-state index >= 15 is 0 Å². The van der Waals surface area contributed by atoms with E-state index in [1.54, 1.807) is 14.2 Å². The molecule has 0 spiro atoms. The second-order valence-electron chi connectivity index (χ2n) is 14.1. The summed E-state index contributed by atoms with van der Waals surface area (Å²) >= 11 is 0. The summed E-state index contributed by atoms with van der Waals surface area (Å²) in [5, 5.41) is 2.10. The lowest BCUT2D eigenvalue weighted by Gasteiger charge is -2.31. The monoisotopic (exact) mass is 676 g/mol. The van der Waals surface area contributed by atoms with Crippen LogP contribution in [0.15, 0.2) is 60.7 Å². The number of carbonyl (C=O) groups excluding carboxylic acids is 1. The highest BCUT2D eigenvalue weighted by molar-refractivity contribution is 6.02. The van der Waals surface area contributed by atoms with Gasteiger partial charge in [0.15, 0.2) is 5.60 Å². The maximum atomic E-state index is 14.1. The number of para-hydroxylation sites is 2. The second-order valence-corrected chi connectivity index (χ2v) is 14.1. The lowest BCUT2D eigenvalue weighted by molar-refractivity contribution is 0.0255. The Hall–Kier alpha value is -4.19. The van der Waals surface area contributed by atoms with Crippen LogP contribution < -0.4 is 9.47 Å². The van der Waals surface area contributed by atoms with E-state index in [0.717, 1.165) is 87.3 Å². The lowest BCUT2D eigenvalue weighted by Crippen LogP contribution is -2.31. The molecular weight excluding hydrogens is 620 g/mol. The first-order valence-corrected chi connectivity index (χ1v) is 19.1. The number of benzene rings is 3. The van der Waals surface area contributed by atoms with E-state index in [9.17, 15) is 4.79 Å². The number of ether oxygens (including phenoxy) is 3. The SMILES string of the molecule is CCCCCCCCn1c(C)c(C2(c3c(C)n(CCCCCCCC)c4c(OC)cccc34)OC(=O)c3ccccc32)c2cccc(OC)c21. The van der Waals surface area contributed by atoms with Crippen LogP contribution in [-0.2, 0) is 23.4 Å². The molecule has 0 saturated heterocycles. The predicted octanol–water partition coefficient (Wildman–Crippen LogP) is 11.4. The van der Waals surface area contributed by atoms with Crippen LogP contribution in [0.3, 0.4) is 0 Å². The lowest BCUT2D eigenvalue weighted by atomic mass is 9.77. The van der Waals surface area contributed by atoms with Gasteiger partial charge in [-0.1, -0.05) is 121 Å². The summed E-state index contributed by atoms with van der Waals surface area (Å²) in [4.78, 5) is 14.1. The number of aryl methyl sites for hydroxylation is 2. The average Bonchev–Trinajstić information content (AvgIpc) is 3.71. The molecule has 3 aromatic carbocycles. The third-order valence-corrected chi connectivity index (χ3v) is 11.0. The van der Waals surface area contributed by atoms with Gasteiger partial charge in [-0.3, -0.25) is 0 Å². The summed E-state index contributed by atoms with van der Waals surface area (Å²) in [6, 6.07) is 20.6. The zero-order chi connectivity index (χ0) is 35.3. The number of hydrogen-bond acceptors (Lipinski definition) is 4. The van der Waals surface area contributed by atoms with E-state index in [2.05, 4.69) is 67.2 Å².